The highest BCUT2D eigenvalue weighted by Gasteiger charge is 2.33. The molecule has 0 heterocycles. The van der Waals surface area contributed by atoms with E-state index >= 15 is 0 Å². The third-order valence-corrected chi connectivity index (χ3v) is 3.51. The predicted molar refractivity (Wildman–Crippen MR) is 92.1 cm³/mol. The van der Waals surface area contributed by atoms with E-state index in [0.29, 0.717) is 12.6 Å². The summed E-state index contributed by atoms with van der Waals surface area (Å²) in [6, 6.07) is 2.49. The molecule has 0 radical (unpaired) electrons. The smallest absolute Gasteiger partial charge is 0.356 e. The summed E-state index contributed by atoms with van der Waals surface area (Å²) in [5.41, 5.74) is -1.20. The molecule has 0 bridgehead atoms. The minimum absolute atomic E-state index is 0.0412. The Labute approximate surface area is 150 Å². The number of hydrogen-bond donors (Lipinski definition) is 2. The predicted octanol–water partition coefficient (Wildman–Crippen LogP) is 2.77. The van der Waals surface area contributed by atoms with Crippen LogP contribution in [0, 0.1) is 5.82 Å². The summed E-state index contributed by atoms with van der Waals surface area (Å²) in [7, 11) is 3.19. The highest BCUT2D eigenvalue weighted by molar-refractivity contribution is 5.86. The number of halogens is 4. The number of likely N-dealkylation sites (N-methyl/N-ethyl adjacent to an activating group) is 1. The van der Waals surface area contributed by atoms with Gasteiger partial charge in [-0.3, -0.25) is 4.79 Å². The number of unbranched alkanes of at least 4 members (excludes halogenated alkanes) is 1. The Bertz CT molecular complexity index is 630. The van der Waals surface area contributed by atoms with Gasteiger partial charge in [-0.25, -0.2) is 9.38 Å². The van der Waals surface area contributed by atoms with Crippen molar-refractivity contribution in [3.8, 4) is 0 Å². The zero-order valence-electron chi connectivity index (χ0n) is 15.1. The van der Waals surface area contributed by atoms with Gasteiger partial charge in [0.1, 0.15) is 5.82 Å². The lowest BCUT2D eigenvalue weighted by Crippen LogP contribution is -2.43. The van der Waals surface area contributed by atoms with Crippen LogP contribution in [0.2, 0.25) is 0 Å². The second-order valence-corrected chi connectivity index (χ2v) is 5.89. The molecule has 2 N–H and O–H groups in total. The van der Waals surface area contributed by atoms with Gasteiger partial charge < -0.3 is 15.5 Å². The zero-order chi connectivity index (χ0) is 19.7. The minimum Gasteiger partial charge on any atom is -0.356 e. The summed E-state index contributed by atoms with van der Waals surface area (Å²) in [6.45, 7) is 2.22. The van der Waals surface area contributed by atoms with Crippen LogP contribution >= 0.6 is 0 Å². The summed E-state index contributed by atoms with van der Waals surface area (Å²) in [5.74, 6) is -0.931. The summed E-state index contributed by atoms with van der Waals surface area (Å²) in [4.78, 5) is 17.2. The van der Waals surface area contributed by atoms with Crippen molar-refractivity contribution in [3.63, 3.8) is 0 Å². The average Bonchev–Trinajstić information content (AvgIpc) is 2.56. The van der Waals surface area contributed by atoms with Crippen LogP contribution < -0.4 is 10.6 Å². The Morgan fingerprint density at radius 2 is 1.92 bits per heavy atom. The molecule has 5 nitrogen and oxygen atoms in total. The second kappa shape index (κ2) is 9.98. The lowest BCUT2D eigenvalue weighted by Gasteiger charge is -2.16. The van der Waals surface area contributed by atoms with E-state index in [1.807, 2.05) is 6.92 Å². The molecule has 0 aliphatic rings. The number of carbonyl (C=O) groups is 1. The zero-order valence-corrected chi connectivity index (χ0v) is 15.1. The summed E-state index contributed by atoms with van der Waals surface area (Å²) in [5, 5.41) is 5.76. The monoisotopic (exact) mass is 376 g/mol. The number of hydrogen-bond acceptors (Lipinski definition) is 2. The SMILES string of the molecule is CCCCNC(=NCc1ccc(F)cc1C(F)(F)F)NCC(=O)N(C)C. The van der Waals surface area contributed by atoms with Crippen LogP contribution in [0.4, 0.5) is 17.6 Å². The molecule has 0 saturated heterocycles. The van der Waals surface area contributed by atoms with Crippen molar-refractivity contribution in [1.29, 1.82) is 0 Å². The normalized spacial score (nSPS) is 12.0. The van der Waals surface area contributed by atoms with Crippen LogP contribution in [0.5, 0.6) is 0 Å². The molecule has 26 heavy (non-hydrogen) atoms. The first-order valence-corrected chi connectivity index (χ1v) is 8.23. The number of nitrogens with one attached hydrogen (secondary N) is 2. The van der Waals surface area contributed by atoms with Gasteiger partial charge in [-0.1, -0.05) is 19.4 Å². The maximum atomic E-state index is 13.2. The number of carbonyl (C=O) groups excluding carboxylic acids is 1. The molecular formula is C17H24F4N4O. The van der Waals surface area contributed by atoms with Crippen LogP contribution in [0.1, 0.15) is 30.9 Å². The summed E-state index contributed by atoms with van der Waals surface area (Å²) < 4.78 is 52.3. The Kier molecular flexibility index (Phi) is 8.34. The molecule has 146 valence electrons. The summed E-state index contributed by atoms with van der Waals surface area (Å²) >= 11 is 0. The molecule has 0 saturated carbocycles. The largest absolute Gasteiger partial charge is 0.416 e. The average molecular weight is 376 g/mol. The number of alkyl halides is 3. The Hall–Kier alpha value is -2.32. The molecular weight excluding hydrogens is 352 g/mol. The molecule has 0 aliphatic heterocycles. The molecule has 0 fully saturated rings. The van der Waals surface area contributed by atoms with E-state index in [4.69, 9.17) is 0 Å². The number of nitrogens with zero attached hydrogens (tertiary/aromatic N) is 2. The molecule has 0 aliphatic carbocycles. The maximum absolute atomic E-state index is 13.2. The highest BCUT2D eigenvalue weighted by atomic mass is 19.4. The molecule has 1 amide bonds. The molecule has 1 aromatic rings. The van der Waals surface area contributed by atoms with E-state index in [9.17, 15) is 22.4 Å². The van der Waals surface area contributed by atoms with Crippen LogP contribution in [0.25, 0.3) is 0 Å². The van der Waals surface area contributed by atoms with Gasteiger partial charge in [-0.2, -0.15) is 13.2 Å². The lowest BCUT2D eigenvalue weighted by molar-refractivity contribution is -0.138. The quantitative estimate of drug-likeness (QED) is 0.333. The maximum Gasteiger partial charge on any atom is 0.416 e. The minimum atomic E-state index is -4.67. The van der Waals surface area contributed by atoms with E-state index in [0.717, 1.165) is 25.0 Å². The van der Waals surface area contributed by atoms with Crippen LogP contribution in [-0.2, 0) is 17.5 Å². The first-order valence-electron chi connectivity index (χ1n) is 8.23. The van der Waals surface area contributed by atoms with Crippen molar-refractivity contribution >= 4 is 11.9 Å². The third kappa shape index (κ3) is 7.28. The van der Waals surface area contributed by atoms with E-state index in [-0.39, 0.29) is 30.5 Å². The molecule has 1 rings (SSSR count). The first-order chi connectivity index (χ1) is 12.1. The van der Waals surface area contributed by atoms with Gasteiger partial charge >= 0.3 is 6.18 Å². The van der Waals surface area contributed by atoms with Gasteiger partial charge in [-0.15, -0.1) is 0 Å². The first kappa shape index (κ1) is 21.7. The highest BCUT2D eigenvalue weighted by Crippen LogP contribution is 2.32. The van der Waals surface area contributed by atoms with E-state index in [1.54, 1.807) is 14.1 Å². The number of guanidine groups is 1. The number of aliphatic imine (C=N–C) groups is 1. The second-order valence-electron chi connectivity index (χ2n) is 5.89. The van der Waals surface area contributed by atoms with Crippen molar-refractivity contribution in [2.75, 3.05) is 27.2 Å². The fraction of sp³-hybridized carbons (Fsp3) is 0.529. The Morgan fingerprint density at radius 1 is 1.23 bits per heavy atom. The molecule has 9 heteroatoms. The van der Waals surface area contributed by atoms with Crippen molar-refractivity contribution in [2.45, 2.75) is 32.5 Å². The molecule has 0 spiro atoms. The van der Waals surface area contributed by atoms with Crippen molar-refractivity contribution in [1.82, 2.24) is 15.5 Å². The number of benzene rings is 1. The fourth-order valence-corrected chi connectivity index (χ4v) is 1.99. The van der Waals surface area contributed by atoms with Crippen molar-refractivity contribution < 1.29 is 22.4 Å². The Morgan fingerprint density at radius 3 is 2.50 bits per heavy atom. The van der Waals surface area contributed by atoms with Gasteiger partial charge in [-0.05, 0) is 24.1 Å². The van der Waals surface area contributed by atoms with Gasteiger partial charge in [0.05, 0.1) is 18.7 Å². The number of rotatable bonds is 7. The standard InChI is InChI=1S/C17H24F4N4O/c1-4-5-8-22-16(24-11-15(26)25(2)3)23-10-12-6-7-13(18)9-14(12)17(19,20)21/h6-7,9H,4-5,8,10-11H2,1-3H3,(H2,22,23,24). The topological polar surface area (TPSA) is 56.7 Å². The lowest BCUT2D eigenvalue weighted by atomic mass is 10.1. The number of amides is 1. The molecule has 0 atom stereocenters. The van der Waals surface area contributed by atoms with Gasteiger partial charge in [0, 0.05) is 20.6 Å². The van der Waals surface area contributed by atoms with Crippen LogP contribution in [0.15, 0.2) is 23.2 Å². The summed E-state index contributed by atoms with van der Waals surface area (Å²) in [6.07, 6.45) is -2.91. The van der Waals surface area contributed by atoms with Gasteiger partial charge in [0.15, 0.2) is 5.96 Å². The van der Waals surface area contributed by atoms with E-state index in [1.165, 1.54) is 4.90 Å². The Balaban J connectivity index is 2.93. The molecule has 1 aromatic carbocycles. The molecule has 0 aromatic heterocycles. The van der Waals surface area contributed by atoms with Crippen molar-refractivity contribution in [2.24, 2.45) is 4.99 Å². The van der Waals surface area contributed by atoms with Crippen LogP contribution in [-0.4, -0.2) is 44.0 Å². The van der Waals surface area contributed by atoms with Crippen LogP contribution in [0.3, 0.4) is 0 Å². The third-order valence-electron chi connectivity index (χ3n) is 3.51. The van der Waals surface area contributed by atoms with Gasteiger partial charge in [0.25, 0.3) is 0 Å². The van der Waals surface area contributed by atoms with E-state index in [2.05, 4.69) is 15.6 Å². The van der Waals surface area contributed by atoms with Gasteiger partial charge in [0.2, 0.25) is 5.91 Å². The fourth-order valence-electron chi connectivity index (χ4n) is 1.99. The van der Waals surface area contributed by atoms with E-state index < -0.39 is 17.6 Å². The van der Waals surface area contributed by atoms with Crippen molar-refractivity contribution in [3.05, 3.63) is 35.1 Å². The molecule has 0 unspecified atom stereocenters.